The highest BCUT2D eigenvalue weighted by Gasteiger charge is 2.27. The maximum atomic E-state index is 13.8. The number of carbonyl (C=O) groups excluding carboxylic acids is 2. The van der Waals surface area contributed by atoms with Crippen molar-refractivity contribution in [1.29, 1.82) is 0 Å². The monoisotopic (exact) mass is 806 g/mol. The van der Waals surface area contributed by atoms with E-state index in [0.717, 1.165) is 23.3 Å². The number of benzene rings is 3. The first-order chi connectivity index (χ1) is 28.2. The standard InChI is InChI=1S/C48H60ClN5O4/c1-4-5-6-7-8-9-10-11-12-13-14-15-17-23-38-24-20-27-41(34-38)58-31-22-28-43(55)50-40-26-21-25-39(35-40)47(56)51-46-45(53-29-18-16-19-30-53)48(57)54(52-46)44-37(3)32-36(2)33-42(44)49/h16,18-21,24-27,29-30,32-35H,4-15,17,22-23,28,31H2,1-3H3,(H2-,50,51,52,55,56,57)/p+1. The molecule has 0 spiro atoms. The van der Waals surface area contributed by atoms with Gasteiger partial charge in [-0.25, -0.2) is 4.68 Å². The van der Waals surface area contributed by atoms with Gasteiger partial charge in [0.2, 0.25) is 11.7 Å². The second kappa shape index (κ2) is 23.3. The first-order valence-electron chi connectivity index (χ1n) is 21.2. The number of unbranched alkanes of at least 4 members (excludes halogenated alkanes) is 12. The van der Waals surface area contributed by atoms with Crippen molar-refractivity contribution >= 4 is 34.9 Å². The Bertz CT molecular complexity index is 2100. The number of pyridine rings is 1. The number of halogens is 1. The summed E-state index contributed by atoms with van der Waals surface area (Å²) in [7, 11) is 0. The normalized spacial score (nSPS) is 11.1. The number of nitrogens with one attached hydrogen (secondary N) is 3. The molecule has 58 heavy (non-hydrogen) atoms. The summed E-state index contributed by atoms with van der Waals surface area (Å²) in [6.07, 6.45) is 22.9. The highest BCUT2D eigenvalue weighted by molar-refractivity contribution is 6.32. The van der Waals surface area contributed by atoms with Crippen LogP contribution in [0.5, 0.6) is 5.75 Å². The lowest BCUT2D eigenvalue weighted by Gasteiger charge is -2.10. The van der Waals surface area contributed by atoms with Gasteiger partial charge in [-0.3, -0.25) is 19.5 Å². The molecule has 0 saturated heterocycles. The van der Waals surface area contributed by atoms with Crippen molar-refractivity contribution in [3.8, 4) is 17.1 Å². The summed E-state index contributed by atoms with van der Waals surface area (Å²) in [6.45, 7) is 6.51. The Morgan fingerprint density at radius 3 is 2.12 bits per heavy atom. The zero-order valence-electron chi connectivity index (χ0n) is 34.6. The minimum Gasteiger partial charge on any atom is -0.494 e. The first-order valence-corrected chi connectivity index (χ1v) is 21.6. The summed E-state index contributed by atoms with van der Waals surface area (Å²) in [4.78, 5) is 40.3. The number of anilines is 2. The van der Waals surface area contributed by atoms with E-state index in [0.29, 0.717) is 35.0 Å². The SMILES string of the molecule is CCCCCCCCCCCCCCCc1cccc(OCCCC(=O)Nc2cccc(C(=O)Nc3[nH]n(-c4c(C)cc(C)cc4Cl)c(=O)c3-[n+]3ccccc3)c2)c1. The quantitative estimate of drug-likeness (QED) is 0.0426. The molecule has 308 valence electrons. The first kappa shape index (κ1) is 44.0. The van der Waals surface area contributed by atoms with Crippen LogP contribution >= 0.6 is 11.6 Å². The minimum atomic E-state index is -0.460. The molecule has 5 aromatic rings. The Hall–Kier alpha value is -5.15. The van der Waals surface area contributed by atoms with Crippen LogP contribution in [-0.4, -0.2) is 28.2 Å². The summed E-state index contributed by atoms with van der Waals surface area (Å²) in [6, 6.07) is 24.1. The molecule has 3 N–H and O–H groups in total. The van der Waals surface area contributed by atoms with Crippen molar-refractivity contribution in [2.45, 2.75) is 124 Å². The van der Waals surface area contributed by atoms with E-state index in [-0.39, 0.29) is 29.4 Å². The van der Waals surface area contributed by atoms with Crippen LogP contribution in [0.25, 0.3) is 11.4 Å². The molecule has 2 amide bonds. The molecule has 0 saturated carbocycles. The Morgan fingerprint density at radius 1 is 0.759 bits per heavy atom. The lowest BCUT2D eigenvalue weighted by atomic mass is 10.0. The Morgan fingerprint density at radius 2 is 1.43 bits per heavy atom. The van der Waals surface area contributed by atoms with Gasteiger partial charge in [-0.1, -0.05) is 126 Å². The lowest BCUT2D eigenvalue weighted by molar-refractivity contribution is -0.595. The van der Waals surface area contributed by atoms with Crippen LogP contribution in [0, 0.1) is 13.8 Å². The molecular weight excluding hydrogens is 746 g/mol. The number of hydrogen-bond acceptors (Lipinski definition) is 4. The molecule has 0 aliphatic heterocycles. The molecule has 2 aromatic heterocycles. The zero-order chi connectivity index (χ0) is 41.1. The molecule has 2 heterocycles. The van der Waals surface area contributed by atoms with Gasteiger partial charge in [-0.2, -0.15) is 4.57 Å². The zero-order valence-corrected chi connectivity index (χ0v) is 35.3. The van der Waals surface area contributed by atoms with Crippen LogP contribution in [0.2, 0.25) is 5.02 Å². The van der Waals surface area contributed by atoms with Gasteiger partial charge in [-0.15, -0.1) is 0 Å². The third kappa shape index (κ3) is 13.5. The average molecular weight is 808 g/mol. The second-order valence-corrected chi connectivity index (χ2v) is 15.8. The molecule has 0 unspecified atom stereocenters. The van der Waals surface area contributed by atoms with Crippen molar-refractivity contribution < 1.29 is 18.9 Å². The van der Waals surface area contributed by atoms with Crippen molar-refractivity contribution in [3.05, 3.63) is 129 Å². The van der Waals surface area contributed by atoms with Gasteiger partial charge in [-0.05, 0) is 86.2 Å². The van der Waals surface area contributed by atoms with E-state index in [9.17, 15) is 14.4 Å². The largest absolute Gasteiger partial charge is 0.494 e. The number of aromatic amines is 1. The fraction of sp³-hybridized carbons (Fsp3) is 0.417. The molecule has 9 nitrogen and oxygen atoms in total. The van der Waals surface area contributed by atoms with Crippen molar-refractivity contribution in [2.24, 2.45) is 0 Å². The van der Waals surface area contributed by atoms with Crippen LogP contribution in [-0.2, 0) is 11.2 Å². The summed E-state index contributed by atoms with van der Waals surface area (Å²) in [5.41, 5.74) is 4.18. The maximum absolute atomic E-state index is 13.8. The Balaban J connectivity index is 1.06. The number of hydrogen-bond donors (Lipinski definition) is 3. The predicted octanol–water partition coefficient (Wildman–Crippen LogP) is 11.4. The number of aryl methyl sites for hydroxylation is 3. The third-order valence-electron chi connectivity index (χ3n) is 10.4. The summed E-state index contributed by atoms with van der Waals surface area (Å²) < 4.78 is 8.99. The summed E-state index contributed by atoms with van der Waals surface area (Å²) in [5, 5.41) is 9.25. The molecular formula is C48H61ClN5O4+. The average Bonchev–Trinajstić information content (AvgIpc) is 3.52. The number of nitrogens with zero attached hydrogens (tertiary/aromatic N) is 2. The van der Waals surface area contributed by atoms with Crippen LogP contribution in [0.4, 0.5) is 11.5 Å². The van der Waals surface area contributed by atoms with Gasteiger partial charge < -0.3 is 15.4 Å². The van der Waals surface area contributed by atoms with Gasteiger partial charge in [0.05, 0.1) is 17.3 Å². The summed E-state index contributed by atoms with van der Waals surface area (Å²) >= 11 is 6.62. The molecule has 0 atom stereocenters. The van der Waals surface area contributed by atoms with Crippen molar-refractivity contribution in [3.63, 3.8) is 0 Å². The molecule has 10 heteroatoms. The fourth-order valence-electron chi connectivity index (χ4n) is 7.36. The van der Waals surface area contributed by atoms with Crippen LogP contribution in [0.1, 0.15) is 130 Å². The number of amides is 2. The Kier molecular flexibility index (Phi) is 17.7. The topological polar surface area (TPSA) is 109 Å². The smallest absolute Gasteiger partial charge is 0.346 e. The van der Waals surface area contributed by atoms with E-state index in [1.54, 1.807) is 59.4 Å². The van der Waals surface area contributed by atoms with Crippen molar-refractivity contribution in [2.75, 3.05) is 17.2 Å². The number of aromatic nitrogens is 3. The molecule has 3 aromatic carbocycles. The minimum absolute atomic E-state index is 0.174. The van der Waals surface area contributed by atoms with Gasteiger partial charge in [0.1, 0.15) is 5.75 Å². The maximum Gasteiger partial charge on any atom is 0.346 e. The van der Waals surface area contributed by atoms with Crippen LogP contribution < -0.4 is 25.5 Å². The van der Waals surface area contributed by atoms with E-state index in [4.69, 9.17) is 16.3 Å². The van der Waals surface area contributed by atoms with E-state index < -0.39 is 5.91 Å². The number of carbonyl (C=O) groups is 2. The highest BCUT2D eigenvalue weighted by Crippen LogP contribution is 2.26. The van der Waals surface area contributed by atoms with E-state index in [2.05, 4.69) is 34.8 Å². The number of rotatable bonds is 24. The number of ether oxygens (including phenoxy) is 1. The van der Waals surface area contributed by atoms with E-state index in [1.807, 2.05) is 38.1 Å². The molecule has 0 bridgehead atoms. The van der Waals surface area contributed by atoms with E-state index in [1.165, 1.54) is 93.7 Å². The van der Waals surface area contributed by atoms with E-state index >= 15 is 0 Å². The van der Waals surface area contributed by atoms with Crippen LogP contribution in [0.15, 0.2) is 96.1 Å². The molecule has 0 fully saturated rings. The molecule has 0 aliphatic rings. The molecule has 0 aliphatic carbocycles. The molecule has 0 radical (unpaired) electrons. The Labute approximate surface area is 349 Å². The third-order valence-corrected chi connectivity index (χ3v) is 10.7. The predicted molar refractivity (Wildman–Crippen MR) is 236 cm³/mol. The van der Waals surface area contributed by atoms with Crippen molar-refractivity contribution in [1.82, 2.24) is 9.78 Å². The molecule has 5 rings (SSSR count). The van der Waals surface area contributed by atoms with Gasteiger partial charge in [0.25, 0.3) is 5.91 Å². The fourth-order valence-corrected chi connectivity index (χ4v) is 7.76. The summed E-state index contributed by atoms with van der Waals surface area (Å²) in [5.74, 6) is 0.390. The number of H-pyrrole nitrogens is 1. The van der Waals surface area contributed by atoms with Crippen LogP contribution in [0.3, 0.4) is 0 Å². The lowest BCUT2D eigenvalue weighted by Crippen LogP contribution is -2.37. The van der Waals surface area contributed by atoms with Gasteiger partial charge >= 0.3 is 11.2 Å². The highest BCUT2D eigenvalue weighted by atomic mass is 35.5. The van der Waals surface area contributed by atoms with Gasteiger partial charge in [0.15, 0.2) is 12.4 Å². The second-order valence-electron chi connectivity index (χ2n) is 15.3. The van der Waals surface area contributed by atoms with Gasteiger partial charge in [0, 0.05) is 29.8 Å².